The molecule has 0 bridgehead atoms. The molecule has 0 radical (unpaired) electrons. The number of benzene rings is 2. The van der Waals surface area contributed by atoms with E-state index >= 15 is 0 Å². The summed E-state index contributed by atoms with van der Waals surface area (Å²) in [6.07, 6.45) is 1.60. The van der Waals surface area contributed by atoms with Crippen LogP contribution in [0.15, 0.2) is 74.2 Å². The average molecular weight is 422 g/mol. The summed E-state index contributed by atoms with van der Waals surface area (Å²) in [5.41, 5.74) is 4.25. The smallest absolute Gasteiger partial charge is 0.363 e. The Morgan fingerprint density at radius 2 is 1.67 bits per heavy atom. The number of carbonyl (C=O) groups is 1. The Kier molecular flexibility index (Phi) is 4.54. The van der Waals surface area contributed by atoms with Gasteiger partial charge >= 0.3 is 5.97 Å². The largest absolute Gasteiger partial charge is 0.457 e. The molecular formula is C22H16BrNO3. The van der Waals surface area contributed by atoms with Gasteiger partial charge in [-0.05, 0) is 61.4 Å². The number of ether oxygens (including phenoxy) is 1. The first-order chi connectivity index (χ1) is 13.0. The van der Waals surface area contributed by atoms with Crippen molar-refractivity contribution in [1.29, 1.82) is 0 Å². The van der Waals surface area contributed by atoms with E-state index in [-0.39, 0.29) is 5.70 Å². The molecular weight excluding hydrogens is 406 g/mol. The number of carbonyl (C=O) groups excluding carboxylic acids is 1. The minimum Gasteiger partial charge on any atom is -0.457 e. The van der Waals surface area contributed by atoms with Crippen LogP contribution in [0.4, 0.5) is 0 Å². The zero-order valence-electron chi connectivity index (χ0n) is 14.8. The summed E-state index contributed by atoms with van der Waals surface area (Å²) in [7, 11) is 0. The summed E-state index contributed by atoms with van der Waals surface area (Å²) in [6.45, 7) is 4.05. The van der Waals surface area contributed by atoms with Crippen LogP contribution in [0.1, 0.15) is 22.5 Å². The predicted molar refractivity (Wildman–Crippen MR) is 108 cm³/mol. The van der Waals surface area contributed by atoms with E-state index in [0.29, 0.717) is 11.7 Å². The molecule has 0 aliphatic carbocycles. The van der Waals surface area contributed by atoms with Gasteiger partial charge in [-0.2, -0.15) is 0 Å². The number of rotatable bonds is 3. The minimum atomic E-state index is -0.482. The fourth-order valence-electron chi connectivity index (χ4n) is 2.74. The van der Waals surface area contributed by atoms with Gasteiger partial charge < -0.3 is 9.15 Å². The number of hydrogen-bond acceptors (Lipinski definition) is 4. The Morgan fingerprint density at radius 1 is 0.926 bits per heavy atom. The zero-order chi connectivity index (χ0) is 19.0. The van der Waals surface area contributed by atoms with E-state index in [4.69, 9.17) is 9.15 Å². The molecule has 134 valence electrons. The molecule has 0 fully saturated rings. The Hall–Kier alpha value is -2.92. The Bertz CT molecular complexity index is 1090. The van der Waals surface area contributed by atoms with Crippen molar-refractivity contribution in [2.45, 2.75) is 13.8 Å². The summed E-state index contributed by atoms with van der Waals surface area (Å²) in [5.74, 6) is 1.10. The van der Waals surface area contributed by atoms with Crippen LogP contribution in [0.25, 0.3) is 17.4 Å². The van der Waals surface area contributed by atoms with Crippen LogP contribution in [-0.2, 0) is 9.53 Å². The molecule has 0 N–H and O–H groups in total. The summed E-state index contributed by atoms with van der Waals surface area (Å²) >= 11 is 3.42. The second-order valence-electron chi connectivity index (χ2n) is 6.34. The molecule has 4 nitrogen and oxygen atoms in total. The van der Waals surface area contributed by atoms with Crippen molar-refractivity contribution in [3.63, 3.8) is 0 Å². The first-order valence-corrected chi connectivity index (χ1v) is 9.25. The molecule has 5 heteroatoms. The van der Waals surface area contributed by atoms with E-state index in [0.717, 1.165) is 26.9 Å². The predicted octanol–water partition coefficient (Wildman–Crippen LogP) is 5.67. The highest BCUT2D eigenvalue weighted by atomic mass is 79.9. The van der Waals surface area contributed by atoms with Gasteiger partial charge in [0, 0.05) is 21.7 Å². The lowest BCUT2D eigenvalue weighted by Gasteiger charge is -2.03. The highest BCUT2D eigenvalue weighted by molar-refractivity contribution is 9.10. The van der Waals surface area contributed by atoms with Crippen molar-refractivity contribution in [2.75, 3.05) is 0 Å². The molecule has 3 aromatic rings. The molecule has 0 atom stereocenters. The van der Waals surface area contributed by atoms with E-state index in [1.165, 1.54) is 5.56 Å². The fraction of sp³-hybridized carbons (Fsp3) is 0.0909. The van der Waals surface area contributed by atoms with E-state index in [9.17, 15) is 4.79 Å². The van der Waals surface area contributed by atoms with Crippen LogP contribution in [0.2, 0.25) is 0 Å². The number of furan rings is 1. The lowest BCUT2D eigenvalue weighted by molar-refractivity contribution is -0.129. The van der Waals surface area contributed by atoms with Crippen molar-refractivity contribution in [1.82, 2.24) is 0 Å². The monoisotopic (exact) mass is 421 g/mol. The average Bonchev–Trinajstić information content (AvgIpc) is 3.26. The lowest BCUT2D eigenvalue weighted by atomic mass is 10.1. The minimum absolute atomic E-state index is 0.222. The summed E-state index contributed by atoms with van der Waals surface area (Å²) < 4.78 is 12.2. The van der Waals surface area contributed by atoms with Crippen LogP contribution in [-0.4, -0.2) is 11.9 Å². The molecule has 1 aliphatic heterocycles. The molecule has 0 spiro atoms. The topological polar surface area (TPSA) is 51.8 Å². The quantitative estimate of drug-likeness (QED) is 0.404. The lowest BCUT2D eigenvalue weighted by Crippen LogP contribution is -2.05. The third-order valence-corrected chi connectivity index (χ3v) is 4.94. The van der Waals surface area contributed by atoms with Crippen LogP contribution in [0.5, 0.6) is 0 Å². The first kappa shape index (κ1) is 17.5. The highest BCUT2D eigenvalue weighted by Crippen LogP contribution is 2.26. The molecule has 27 heavy (non-hydrogen) atoms. The van der Waals surface area contributed by atoms with E-state index < -0.39 is 5.97 Å². The van der Waals surface area contributed by atoms with Gasteiger partial charge in [-0.15, -0.1) is 0 Å². The molecule has 1 aliphatic rings. The zero-order valence-corrected chi connectivity index (χ0v) is 16.4. The van der Waals surface area contributed by atoms with Crippen LogP contribution < -0.4 is 0 Å². The number of halogens is 1. The summed E-state index contributed by atoms with van der Waals surface area (Å²) in [5, 5.41) is 0. The number of cyclic esters (lactones) is 1. The Balaban J connectivity index is 1.62. The third-order valence-electron chi connectivity index (χ3n) is 4.41. The number of aliphatic imine (C=N–C) groups is 1. The van der Waals surface area contributed by atoms with E-state index in [1.807, 2.05) is 62.4 Å². The van der Waals surface area contributed by atoms with Crippen LogP contribution in [0, 0.1) is 13.8 Å². The van der Waals surface area contributed by atoms with Gasteiger partial charge in [-0.1, -0.05) is 34.1 Å². The summed E-state index contributed by atoms with van der Waals surface area (Å²) in [6, 6.07) is 17.3. The highest BCUT2D eigenvalue weighted by Gasteiger charge is 2.24. The van der Waals surface area contributed by atoms with Gasteiger partial charge in [0.05, 0.1) is 0 Å². The second kappa shape index (κ2) is 7.00. The molecule has 1 aromatic heterocycles. The molecule has 4 rings (SSSR count). The molecule has 0 saturated heterocycles. The fourth-order valence-corrected chi connectivity index (χ4v) is 3.01. The molecule has 2 aromatic carbocycles. The second-order valence-corrected chi connectivity index (χ2v) is 7.26. The maximum atomic E-state index is 12.2. The number of aryl methyl sites for hydroxylation is 2. The molecule has 0 amide bonds. The van der Waals surface area contributed by atoms with Crippen molar-refractivity contribution < 1.29 is 13.9 Å². The first-order valence-electron chi connectivity index (χ1n) is 8.45. The van der Waals surface area contributed by atoms with Crippen molar-refractivity contribution in [3.8, 4) is 11.3 Å². The van der Waals surface area contributed by atoms with Gasteiger partial charge in [0.2, 0.25) is 5.90 Å². The third kappa shape index (κ3) is 3.64. The van der Waals surface area contributed by atoms with Crippen molar-refractivity contribution in [3.05, 3.63) is 87.2 Å². The number of nitrogens with zero attached hydrogens (tertiary/aromatic N) is 1. The molecule has 0 unspecified atom stereocenters. The maximum absolute atomic E-state index is 12.2. The van der Waals surface area contributed by atoms with Crippen molar-refractivity contribution >= 4 is 33.9 Å². The van der Waals surface area contributed by atoms with E-state index in [1.54, 1.807) is 12.1 Å². The number of esters is 1. The summed E-state index contributed by atoms with van der Waals surface area (Å²) in [4.78, 5) is 16.5. The van der Waals surface area contributed by atoms with Crippen molar-refractivity contribution in [2.24, 2.45) is 4.99 Å². The Labute approximate surface area is 165 Å². The van der Waals surface area contributed by atoms with Gasteiger partial charge in [0.1, 0.15) is 11.5 Å². The SMILES string of the molecule is Cc1ccc(C2=N/C(=C\c3ccc(-c4ccc(Br)cc4)o3)C(=O)O2)cc1C. The van der Waals surface area contributed by atoms with Crippen LogP contribution >= 0.6 is 15.9 Å². The standard InChI is InChI=1S/C22H16BrNO3/c1-13-3-4-16(11-14(13)2)21-24-19(22(25)27-21)12-18-9-10-20(26-18)15-5-7-17(23)8-6-15/h3-12H,1-2H3/b19-12-. The van der Waals surface area contributed by atoms with Gasteiger partial charge in [0.15, 0.2) is 5.70 Å². The van der Waals surface area contributed by atoms with Gasteiger partial charge in [0.25, 0.3) is 0 Å². The van der Waals surface area contributed by atoms with Gasteiger partial charge in [-0.25, -0.2) is 9.79 Å². The number of hydrogen-bond donors (Lipinski definition) is 0. The normalized spacial score (nSPS) is 15.1. The maximum Gasteiger partial charge on any atom is 0.363 e. The molecule has 2 heterocycles. The molecule has 0 saturated carbocycles. The van der Waals surface area contributed by atoms with Crippen LogP contribution in [0.3, 0.4) is 0 Å². The van der Waals surface area contributed by atoms with E-state index in [2.05, 4.69) is 20.9 Å². The Morgan fingerprint density at radius 3 is 2.41 bits per heavy atom. The van der Waals surface area contributed by atoms with Gasteiger partial charge in [-0.3, -0.25) is 0 Å².